The molecule has 0 aliphatic heterocycles. The summed E-state index contributed by atoms with van der Waals surface area (Å²) in [6, 6.07) is 6.23. The average Bonchev–Trinajstić information content (AvgIpc) is 3.04. The van der Waals surface area contributed by atoms with Crippen LogP contribution in [0.2, 0.25) is 0 Å². The summed E-state index contributed by atoms with van der Waals surface area (Å²) in [7, 11) is 0. The largest absolute Gasteiger partial charge is 0.241 e. The first-order chi connectivity index (χ1) is 9.31. The Kier molecular flexibility index (Phi) is 2.15. The second kappa shape index (κ2) is 3.85. The van der Waals surface area contributed by atoms with Crippen LogP contribution in [0.15, 0.2) is 30.6 Å². The van der Waals surface area contributed by atoms with Gasteiger partial charge in [0, 0.05) is 16.8 Å². The van der Waals surface area contributed by atoms with Crippen molar-refractivity contribution in [2.45, 2.75) is 19.3 Å². The third-order valence-corrected chi connectivity index (χ3v) is 3.52. The van der Waals surface area contributed by atoms with Crippen LogP contribution in [0.4, 0.5) is 4.39 Å². The summed E-state index contributed by atoms with van der Waals surface area (Å²) in [4.78, 5) is 8.98. The van der Waals surface area contributed by atoms with Gasteiger partial charge in [0.25, 0.3) is 0 Å². The lowest BCUT2D eigenvalue weighted by molar-refractivity contribution is 0.628. The minimum atomic E-state index is -0.255. The van der Waals surface area contributed by atoms with Crippen molar-refractivity contribution in [3.05, 3.63) is 47.7 Å². The minimum absolute atomic E-state index is 0.255. The van der Waals surface area contributed by atoms with Crippen LogP contribution in [0, 0.1) is 5.82 Å². The molecule has 3 aromatic rings. The highest BCUT2D eigenvalue weighted by atomic mass is 19.1. The number of rotatable bonds is 1. The van der Waals surface area contributed by atoms with Gasteiger partial charge in [0.15, 0.2) is 11.5 Å². The average molecular weight is 254 g/mol. The molecule has 0 N–H and O–H groups in total. The van der Waals surface area contributed by atoms with Gasteiger partial charge in [-0.1, -0.05) is 0 Å². The van der Waals surface area contributed by atoms with Gasteiger partial charge in [0.05, 0.1) is 0 Å². The molecule has 0 bridgehead atoms. The highest BCUT2D eigenvalue weighted by molar-refractivity contribution is 5.60. The van der Waals surface area contributed by atoms with Gasteiger partial charge >= 0.3 is 0 Å². The van der Waals surface area contributed by atoms with E-state index in [-0.39, 0.29) is 5.82 Å². The van der Waals surface area contributed by atoms with Gasteiger partial charge in [-0.2, -0.15) is 0 Å². The van der Waals surface area contributed by atoms with E-state index in [4.69, 9.17) is 0 Å². The number of halogens is 1. The molecule has 94 valence electrons. The van der Waals surface area contributed by atoms with E-state index in [9.17, 15) is 4.39 Å². The fourth-order valence-corrected chi connectivity index (χ4v) is 2.57. The second-order valence-electron chi connectivity index (χ2n) is 4.73. The monoisotopic (exact) mass is 254 g/mol. The highest BCUT2D eigenvalue weighted by Gasteiger charge is 2.18. The summed E-state index contributed by atoms with van der Waals surface area (Å²) < 4.78 is 14.6. The molecule has 1 aliphatic carbocycles. The topological polar surface area (TPSA) is 43.1 Å². The molecular weight excluding hydrogens is 243 g/mol. The van der Waals surface area contributed by atoms with Gasteiger partial charge in [-0.05, 0) is 43.5 Å². The van der Waals surface area contributed by atoms with Gasteiger partial charge in [-0.15, -0.1) is 5.10 Å². The van der Waals surface area contributed by atoms with E-state index < -0.39 is 0 Å². The maximum Gasteiger partial charge on any atom is 0.182 e. The Morgan fingerprint density at radius 1 is 1.11 bits per heavy atom. The van der Waals surface area contributed by atoms with Crippen LogP contribution >= 0.6 is 0 Å². The molecule has 0 spiro atoms. The van der Waals surface area contributed by atoms with Crippen LogP contribution < -0.4 is 0 Å². The molecule has 1 aliphatic rings. The predicted octanol–water partition coefficient (Wildman–Crippen LogP) is 2.42. The zero-order chi connectivity index (χ0) is 12.8. The van der Waals surface area contributed by atoms with Crippen LogP contribution in [-0.4, -0.2) is 19.6 Å². The summed E-state index contributed by atoms with van der Waals surface area (Å²) in [5.41, 5.74) is 4.02. The molecule has 0 unspecified atom stereocenters. The molecule has 5 heteroatoms. The molecule has 0 radical (unpaired) electrons. The van der Waals surface area contributed by atoms with Crippen molar-refractivity contribution in [2.24, 2.45) is 0 Å². The molecule has 4 rings (SSSR count). The van der Waals surface area contributed by atoms with Crippen LogP contribution in [0.1, 0.15) is 17.7 Å². The highest BCUT2D eigenvalue weighted by Crippen LogP contribution is 2.25. The Labute approximate surface area is 108 Å². The van der Waals surface area contributed by atoms with E-state index >= 15 is 0 Å². The molecule has 4 nitrogen and oxygen atoms in total. The van der Waals surface area contributed by atoms with Crippen molar-refractivity contribution in [3.63, 3.8) is 0 Å². The van der Waals surface area contributed by atoms with Crippen LogP contribution in [-0.2, 0) is 12.8 Å². The van der Waals surface area contributed by atoms with Crippen LogP contribution in [0.5, 0.6) is 0 Å². The lowest BCUT2D eigenvalue weighted by Crippen LogP contribution is -1.96. The Morgan fingerprint density at radius 3 is 2.79 bits per heavy atom. The third kappa shape index (κ3) is 1.62. The molecule has 0 atom stereocenters. The standard InChI is InChI=1S/C14H11FN4/c15-10-6-4-9(5-7-10)13-17-14-11-2-1-3-12(11)16-8-19(14)18-13/h4-8H,1-3H2. The number of fused-ring (bicyclic) bond motifs is 3. The van der Waals surface area contributed by atoms with Crippen molar-refractivity contribution in [3.8, 4) is 11.4 Å². The maximum atomic E-state index is 12.9. The molecule has 0 saturated heterocycles. The van der Waals surface area contributed by atoms with Gasteiger partial charge in [0.2, 0.25) is 0 Å². The molecule has 2 heterocycles. The first-order valence-electron chi connectivity index (χ1n) is 6.30. The Bertz CT molecular complexity index is 761. The second-order valence-corrected chi connectivity index (χ2v) is 4.73. The van der Waals surface area contributed by atoms with Crippen LogP contribution in [0.3, 0.4) is 0 Å². The van der Waals surface area contributed by atoms with Gasteiger partial charge in [0.1, 0.15) is 12.1 Å². The zero-order valence-corrected chi connectivity index (χ0v) is 10.2. The van der Waals surface area contributed by atoms with Crippen LogP contribution in [0.25, 0.3) is 17.0 Å². The quantitative estimate of drug-likeness (QED) is 0.669. The molecule has 0 saturated carbocycles. The Morgan fingerprint density at radius 2 is 1.95 bits per heavy atom. The number of aromatic nitrogens is 4. The predicted molar refractivity (Wildman–Crippen MR) is 68.2 cm³/mol. The normalized spacial score (nSPS) is 13.9. The molecule has 2 aromatic heterocycles. The van der Waals surface area contributed by atoms with E-state index in [1.165, 1.54) is 17.7 Å². The number of nitrogens with zero attached hydrogens (tertiary/aromatic N) is 4. The van der Waals surface area contributed by atoms with Crippen molar-refractivity contribution in [1.29, 1.82) is 0 Å². The fourth-order valence-electron chi connectivity index (χ4n) is 2.57. The summed E-state index contributed by atoms with van der Waals surface area (Å²) in [6.07, 6.45) is 4.86. The van der Waals surface area contributed by atoms with Crippen molar-refractivity contribution in [2.75, 3.05) is 0 Å². The van der Waals surface area contributed by atoms with E-state index in [0.29, 0.717) is 5.82 Å². The maximum absolute atomic E-state index is 12.9. The van der Waals surface area contributed by atoms with Crippen molar-refractivity contribution >= 4 is 5.65 Å². The first kappa shape index (κ1) is 10.6. The fraction of sp³-hybridized carbons (Fsp3) is 0.214. The van der Waals surface area contributed by atoms with Crippen molar-refractivity contribution in [1.82, 2.24) is 19.6 Å². The lowest BCUT2D eigenvalue weighted by Gasteiger charge is -1.97. The van der Waals surface area contributed by atoms with Gasteiger partial charge in [-0.3, -0.25) is 0 Å². The summed E-state index contributed by atoms with van der Waals surface area (Å²) >= 11 is 0. The number of hydrogen-bond donors (Lipinski definition) is 0. The number of aryl methyl sites for hydroxylation is 2. The Hall–Kier alpha value is -2.30. The lowest BCUT2D eigenvalue weighted by atomic mass is 10.2. The van der Waals surface area contributed by atoms with Crippen molar-refractivity contribution < 1.29 is 4.39 Å². The number of benzene rings is 1. The molecule has 0 amide bonds. The molecular formula is C14H11FN4. The third-order valence-electron chi connectivity index (χ3n) is 3.52. The zero-order valence-electron chi connectivity index (χ0n) is 10.2. The first-order valence-corrected chi connectivity index (χ1v) is 6.30. The van der Waals surface area contributed by atoms with E-state index in [1.807, 2.05) is 0 Å². The van der Waals surface area contributed by atoms with E-state index in [1.54, 1.807) is 23.0 Å². The van der Waals surface area contributed by atoms with E-state index in [0.717, 1.165) is 36.2 Å². The summed E-state index contributed by atoms with van der Waals surface area (Å²) in [5, 5.41) is 4.41. The summed E-state index contributed by atoms with van der Waals surface area (Å²) in [5.74, 6) is 0.358. The van der Waals surface area contributed by atoms with E-state index in [2.05, 4.69) is 15.1 Å². The van der Waals surface area contributed by atoms with Gasteiger partial charge in [-0.25, -0.2) is 18.9 Å². The molecule has 0 fully saturated rings. The smallest absolute Gasteiger partial charge is 0.182 e. The molecule has 19 heavy (non-hydrogen) atoms. The summed E-state index contributed by atoms with van der Waals surface area (Å²) in [6.45, 7) is 0. The SMILES string of the molecule is Fc1ccc(-c2nc3c4c(ncn3n2)CCC4)cc1. The van der Waals surface area contributed by atoms with Gasteiger partial charge < -0.3 is 0 Å². The molecule has 1 aromatic carbocycles. The Balaban J connectivity index is 1.90. The number of hydrogen-bond acceptors (Lipinski definition) is 3. The minimum Gasteiger partial charge on any atom is -0.241 e.